The molecule has 3 heteroatoms. The van der Waals surface area contributed by atoms with E-state index in [1.807, 2.05) is 12.1 Å². The van der Waals surface area contributed by atoms with Crippen LogP contribution in [0.5, 0.6) is 0 Å². The molecule has 0 fully saturated rings. The number of nitrogens with two attached hydrogens (primary N) is 2. The summed E-state index contributed by atoms with van der Waals surface area (Å²) in [6.07, 6.45) is 1.55. The fourth-order valence-corrected chi connectivity index (χ4v) is 1.11. The van der Waals surface area contributed by atoms with Crippen molar-refractivity contribution in [2.24, 2.45) is 0 Å². The van der Waals surface area contributed by atoms with Crippen LogP contribution < -0.4 is 11.5 Å². The number of hydrogen-bond acceptors (Lipinski definition) is 3. The summed E-state index contributed by atoms with van der Waals surface area (Å²) in [7, 11) is 0. The van der Waals surface area contributed by atoms with Gasteiger partial charge < -0.3 is 16.6 Å². The topological polar surface area (TPSA) is 72.3 Å². The first-order valence-electron chi connectivity index (χ1n) is 3.99. The number of aliphatic hydroxyl groups excluding tert-OH is 1. The molecule has 0 aliphatic heterocycles. The summed E-state index contributed by atoms with van der Waals surface area (Å²) in [5.41, 5.74) is 13.7. The summed E-state index contributed by atoms with van der Waals surface area (Å²) < 4.78 is 0. The Hall–Kier alpha value is -1.22. The normalized spacial score (nSPS) is 10.1. The molecule has 0 saturated heterocycles. The van der Waals surface area contributed by atoms with Crippen molar-refractivity contribution in [1.82, 2.24) is 0 Å². The largest absolute Gasteiger partial charge is 0.399 e. The molecule has 66 valence electrons. The van der Waals surface area contributed by atoms with Gasteiger partial charge in [-0.25, -0.2) is 0 Å². The highest BCUT2D eigenvalue weighted by atomic mass is 16.2. The van der Waals surface area contributed by atoms with Crippen LogP contribution in [-0.4, -0.2) is 11.7 Å². The van der Waals surface area contributed by atoms with Crippen molar-refractivity contribution >= 4 is 11.4 Å². The van der Waals surface area contributed by atoms with Crippen LogP contribution in [0.2, 0.25) is 0 Å². The first kappa shape index (κ1) is 8.87. The number of benzene rings is 1. The number of aryl methyl sites for hydroxylation is 1. The van der Waals surface area contributed by atoms with Gasteiger partial charge in [-0.2, -0.15) is 0 Å². The quantitative estimate of drug-likeness (QED) is 0.581. The maximum atomic E-state index is 8.61. The molecule has 0 amide bonds. The van der Waals surface area contributed by atoms with Gasteiger partial charge in [-0.3, -0.25) is 0 Å². The lowest BCUT2D eigenvalue weighted by Crippen LogP contribution is -1.97. The van der Waals surface area contributed by atoms with E-state index in [4.69, 9.17) is 16.6 Å². The maximum absolute atomic E-state index is 8.61. The van der Waals surface area contributed by atoms with E-state index in [1.165, 1.54) is 0 Å². The standard InChI is InChI=1S/C9H14N2O/c10-8-4-3-7(2-1-5-12)9(11)6-8/h3-4,6,12H,1-2,5,10-11H2. The number of hydrogen-bond donors (Lipinski definition) is 3. The monoisotopic (exact) mass is 166 g/mol. The summed E-state index contributed by atoms with van der Waals surface area (Å²) in [6, 6.07) is 5.47. The molecule has 1 rings (SSSR count). The van der Waals surface area contributed by atoms with Gasteiger partial charge in [-0.05, 0) is 30.5 Å². The molecular formula is C9H14N2O. The maximum Gasteiger partial charge on any atom is 0.0434 e. The lowest BCUT2D eigenvalue weighted by atomic mass is 10.1. The number of aliphatic hydroxyl groups is 1. The van der Waals surface area contributed by atoms with Crippen molar-refractivity contribution in [2.45, 2.75) is 12.8 Å². The zero-order chi connectivity index (χ0) is 8.97. The molecule has 3 nitrogen and oxygen atoms in total. The van der Waals surface area contributed by atoms with E-state index >= 15 is 0 Å². The molecule has 12 heavy (non-hydrogen) atoms. The van der Waals surface area contributed by atoms with E-state index in [1.54, 1.807) is 6.07 Å². The Labute approximate surface area is 72.0 Å². The van der Waals surface area contributed by atoms with Crippen LogP contribution in [0.4, 0.5) is 11.4 Å². The summed E-state index contributed by atoms with van der Waals surface area (Å²) in [4.78, 5) is 0. The zero-order valence-corrected chi connectivity index (χ0v) is 6.96. The minimum Gasteiger partial charge on any atom is -0.399 e. The first-order chi connectivity index (χ1) is 5.74. The fraction of sp³-hybridized carbons (Fsp3) is 0.333. The number of rotatable bonds is 3. The molecule has 0 heterocycles. The van der Waals surface area contributed by atoms with Gasteiger partial charge >= 0.3 is 0 Å². The molecule has 0 atom stereocenters. The number of nitrogen functional groups attached to an aromatic ring is 2. The Balaban J connectivity index is 2.72. The van der Waals surface area contributed by atoms with Gasteiger partial charge in [-0.15, -0.1) is 0 Å². The molecule has 1 aromatic carbocycles. The minimum absolute atomic E-state index is 0.198. The van der Waals surface area contributed by atoms with Crippen molar-refractivity contribution in [2.75, 3.05) is 18.1 Å². The van der Waals surface area contributed by atoms with Gasteiger partial charge in [0.05, 0.1) is 0 Å². The molecule has 0 bridgehead atoms. The molecule has 5 N–H and O–H groups in total. The second-order valence-corrected chi connectivity index (χ2v) is 2.79. The van der Waals surface area contributed by atoms with E-state index in [0.29, 0.717) is 11.4 Å². The van der Waals surface area contributed by atoms with Gasteiger partial charge in [-0.1, -0.05) is 6.07 Å². The van der Waals surface area contributed by atoms with Gasteiger partial charge in [0.15, 0.2) is 0 Å². The molecule has 0 spiro atoms. The van der Waals surface area contributed by atoms with Crippen molar-refractivity contribution in [3.8, 4) is 0 Å². The predicted molar refractivity (Wildman–Crippen MR) is 50.7 cm³/mol. The Morgan fingerprint density at radius 1 is 1.25 bits per heavy atom. The van der Waals surface area contributed by atoms with E-state index in [0.717, 1.165) is 18.4 Å². The Morgan fingerprint density at radius 3 is 2.58 bits per heavy atom. The highest BCUT2D eigenvalue weighted by Crippen LogP contribution is 2.16. The Morgan fingerprint density at radius 2 is 2.00 bits per heavy atom. The number of anilines is 2. The minimum atomic E-state index is 0.198. The fourth-order valence-electron chi connectivity index (χ4n) is 1.11. The SMILES string of the molecule is Nc1ccc(CCCO)c(N)c1. The average molecular weight is 166 g/mol. The molecule has 0 saturated carbocycles. The summed E-state index contributed by atoms with van der Waals surface area (Å²) in [6.45, 7) is 0.198. The molecular weight excluding hydrogens is 152 g/mol. The summed E-state index contributed by atoms with van der Waals surface area (Å²) in [5, 5.41) is 8.61. The second-order valence-electron chi connectivity index (χ2n) is 2.79. The van der Waals surface area contributed by atoms with Crippen LogP contribution in [0.1, 0.15) is 12.0 Å². The van der Waals surface area contributed by atoms with E-state index in [-0.39, 0.29) is 6.61 Å². The molecule has 0 aromatic heterocycles. The van der Waals surface area contributed by atoms with Gasteiger partial charge in [0.1, 0.15) is 0 Å². The van der Waals surface area contributed by atoms with E-state index in [9.17, 15) is 0 Å². The van der Waals surface area contributed by atoms with Crippen LogP contribution in [0, 0.1) is 0 Å². The molecule has 0 aliphatic carbocycles. The van der Waals surface area contributed by atoms with E-state index < -0.39 is 0 Å². The third-order valence-corrected chi connectivity index (χ3v) is 1.77. The van der Waals surface area contributed by atoms with Crippen LogP contribution >= 0.6 is 0 Å². The predicted octanol–water partition coefficient (Wildman–Crippen LogP) is 0.776. The lowest BCUT2D eigenvalue weighted by molar-refractivity contribution is 0.288. The van der Waals surface area contributed by atoms with Crippen LogP contribution in [-0.2, 0) is 6.42 Å². The lowest BCUT2D eigenvalue weighted by Gasteiger charge is -2.04. The van der Waals surface area contributed by atoms with Crippen molar-refractivity contribution < 1.29 is 5.11 Å². The van der Waals surface area contributed by atoms with Crippen LogP contribution in [0.15, 0.2) is 18.2 Å². The third kappa shape index (κ3) is 2.13. The Kier molecular flexibility index (Phi) is 2.94. The smallest absolute Gasteiger partial charge is 0.0434 e. The third-order valence-electron chi connectivity index (χ3n) is 1.77. The molecule has 1 aromatic rings. The van der Waals surface area contributed by atoms with Gasteiger partial charge in [0.2, 0.25) is 0 Å². The summed E-state index contributed by atoms with van der Waals surface area (Å²) >= 11 is 0. The van der Waals surface area contributed by atoms with Gasteiger partial charge in [0.25, 0.3) is 0 Å². The molecule has 0 radical (unpaired) electrons. The Bertz CT molecular complexity index is 261. The van der Waals surface area contributed by atoms with Crippen LogP contribution in [0.25, 0.3) is 0 Å². The van der Waals surface area contributed by atoms with E-state index in [2.05, 4.69) is 0 Å². The summed E-state index contributed by atoms with van der Waals surface area (Å²) in [5.74, 6) is 0. The van der Waals surface area contributed by atoms with Crippen molar-refractivity contribution in [1.29, 1.82) is 0 Å². The zero-order valence-electron chi connectivity index (χ0n) is 6.96. The first-order valence-corrected chi connectivity index (χ1v) is 3.99. The second kappa shape index (κ2) is 3.97. The molecule has 0 aliphatic rings. The average Bonchev–Trinajstić information content (AvgIpc) is 2.03. The van der Waals surface area contributed by atoms with Crippen LogP contribution in [0.3, 0.4) is 0 Å². The highest BCUT2D eigenvalue weighted by molar-refractivity contribution is 5.56. The highest BCUT2D eigenvalue weighted by Gasteiger charge is 1.98. The van der Waals surface area contributed by atoms with Gasteiger partial charge in [0, 0.05) is 18.0 Å². The van der Waals surface area contributed by atoms with Crippen molar-refractivity contribution in [3.63, 3.8) is 0 Å². The van der Waals surface area contributed by atoms with Crippen molar-refractivity contribution in [3.05, 3.63) is 23.8 Å². The molecule has 0 unspecified atom stereocenters.